The van der Waals surface area contributed by atoms with E-state index in [2.05, 4.69) is 32.6 Å². The summed E-state index contributed by atoms with van der Waals surface area (Å²) in [6.45, 7) is 9.97. The number of carbonyl (C=O) groups is 1. The zero-order valence-electron chi connectivity index (χ0n) is 11.1. The molecule has 0 aliphatic carbocycles. The van der Waals surface area contributed by atoms with Crippen LogP contribution in [0.2, 0.25) is 0 Å². The number of hydrogen-bond donors (Lipinski definition) is 0. The van der Waals surface area contributed by atoms with E-state index in [0.29, 0.717) is 6.42 Å². The average Bonchev–Trinajstić information content (AvgIpc) is 2.29. The maximum absolute atomic E-state index is 11.9. The molecule has 1 aromatic rings. The zero-order chi connectivity index (χ0) is 12.9. The van der Waals surface area contributed by atoms with Crippen LogP contribution in [0.3, 0.4) is 0 Å². The molecule has 0 spiro atoms. The highest BCUT2D eigenvalue weighted by molar-refractivity contribution is 5.82. The lowest BCUT2D eigenvalue weighted by molar-refractivity contribution is -0.124. The van der Waals surface area contributed by atoms with E-state index in [1.54, 1.807) is 6.08 Å². The summed E-state index contributed by atoms with van der Waals surface area (Å²) in [4.78, 5) is 11.9. The molecule has 0 heterocycles. The molecule has 92 valence electrons. The second-order valence-electron chi connectivity index (χ2n) is 5.33. The van der Waals surface area contributed by atoms with Crippen LogP contribution in [-0.4, -0.2) is 5.78 Å². The molecule has 0 N–H and O–H groups in total. The Labute approximate surface area is 105 Å². The summed E-state index contributed by atoms with van der Waals surface area (Å²) in [5.41, 5.74) is 1.28. The van der Waals surface area contributed by atoms with Crippen LogP contribution in [0, 0.1) is 11.3 Å². The van der Waals surface area contributed by atoms with Crippen LogP contribution in [0.1, 0.15) is 32.8 Å². The molecular formula is C16H22O. The molecule has 1 rings (SSSR count). The van der Waals surface area contributed by atoms with Gasteiger partial charge < -0.3 is 0 Å². The largest absolute Gasteiger partial charge is 0.299 e. The molecule has 0 aromatic heterocycles. The summed E-state index contributed by atoms with van der Waals surface area (Å²) in [5, 5.41) is 0. The van der Waals surface area contributed by atoms with Crippen molar-refractivity contribution in [2.24, 2.45) is 11.3 Å². The predicted molar refractivity (Wildman–Crippen MR) is 72.9 cm³/mol. The molecule has 17 heavy (non-hydrogen) atoms. The van der Waals surface area contributed by atoms with Gasteiger partial charge in [-0.15, -0.1) is 6.58 Å². The molecule has 1 aromatic carbocycles. The minimum Gasteiger partial charge on any atom is -0.299 e. The van der Waals surface area contributed by atoms with E-state index in [0.717, 1.165) is 6.42 Å². The minimum atomic E-state index is -0.0125. The molecule has 0 bridgehead atoms. The number of Topliss-reactive ketones (excluding diaryl/α,β-unsaturated/α-hetero) is 1. The monoisotopic (exact) mass is 230 g/mol. The van der Waals surface area contributed by atoms with Crippen molar-refractivity contribution in [2.45, 2.75) is 33.6 Å². The molecule has 0 amide bonds. The summed E-state index contributed by atoms with van der Waals surface area (Å²) in [6.07, 6.45) is 3.09. The second-order valence-corrected chi connectivity index (χ2v) is 5.33. The van der Waals surface area contributed by atoms with E-state index >= 15 is 0 Å². The first-order chi connectivity index (χ1) is 7.97. The third-order valence-electron chi connectivity index (χ3n) is 3.50. The molecular weight excluding hydrogens is 208 g/mol. The van der Waals surface area contributed by atoms with E-state index in [1.165, 1.54) is 5.56 Å². The standard InChI is InChI=1S/C16H22O/c1-5-9-15(17)13(2)16(3,4)12-14-10-7-6-8-11-14/h5-8,10-11,13H,1,9,12H2,2-4H3/t13-/m0/s1. The van der Waals surface area contributed by atoms with Gasteiger partial charge in [-0.05, 0) is 17.4 Å². The Morgan fingerprint density at radius 3 is 2.47 bits per heavy atom. The van der Waals surface area contributed by atoms with Crippen molar-refractivity contribution in [3.05, 3.63) is 48.6 Å². The summed E-state index contributed by atoms with van der Waals surface area (Å²) in [5.74, 6) is 0.335. The minimum absolute atomic E-state index is 0.0125. The Morgan fingerprint density at radius 1 is 1.35 bits per heavy atom. The predicted octanol–water partition coefficient (Wildman–Crippen LogP) is 4.04. The summed E-state index contributed by atoms with van der Waals surface area (Å²) in [6, 6.07) is 10.3. The SMILES string of the molecule is C=CCC(=O)[C@H](C)C(C)(C)Cc1ccccc1. The number of benzene rings is 1. The Kier molecular flexibility index (Phi) is 4.68. The Morgan fingerprint density at radius 2 is 1.94 bits per heavy atom. The number of hydrogen-bond acceptors (Lipinski definition) is 1. The van der Waals surface area contributed by atoms with Gasteiger partial charge >= 0.3 is 0 Å². The van der Waals surface area contributed by atoms with E-state index < -0.39 is 0 Å². The number of allylic oxidation sites excluding steroid dienone is 1. The highest BCUT2D eigenvalue weighted by Crippen LogP contribution is 2.32. The molecule has 0 fully saturated rings. The Bertz CT molecular complexity index is 376. The Hall–Kier alpha value is -1.37. The first-order valence-corrected chi connectivity index (χ1v) is 6.15. The van der Waals surface area contributed by atoms with Crippen LogP contribution in [0.25, 0.3) is 0 Å². The highest BCUT2D eigenvalue weighted by atomic mass is 16.1. The lowest BCUT2D eigenvalue weighted by atomic mass is 9.73. The quantitative estimate of drug-likeness (QED) is 0.674. The van der Waals surface area contributed by atoms with Gasteiger partial charge in [0.25, 0.3) is 0 Å². The zero-order valence-corrected chi connectivity index (χ0v) is 11.1. The first kappa shape index (κ1) is 13.7. The smallest absolute Gasteiger partial charge is 0.139 e. The van der Waals surface area contributed by atoms with Crippen molar-refractivity contribution in [2.75, 3.05) is 0 Å². The fourth-order valence-corrected chi connectivity index (χ4v) is 2.03. The summed E-state index contributed by atoms with van der Waals surface area (Å²) >= 11 is 0. The lowest BCUT2D eigenvalue weighted by Gasteiger charge is -2.31. The Balaban J connectivity index is 2.74. The molecule has 0 unspecified atom stereocenters. The van der Waals surface area contributed by atoms with Gasteiger partial charge in [0.15, 0.2) is 0 Å². The average molecular weight is 230 g/mol. The van der Waals surface area contributed by atoms with Crippen LogP contribution in [-0.2, 0) is 11.2 Å². The normalized spacial score (nSPS) is 13.1. The summed E-state index contributed by atoms with van der Waals surface area (Å²) < 4.78 is 0. The first-order valence-electron chi connectivity index (χ1n) is 6.15. The van der Waals surface area contributed by atoms with Crippen molar-refractivity contribution in [3.63, 3.8) is 0 Å². The number of ketones is 1. The van der Waals surface area contributed by atoms with Gasteiger partial charge in [-0.3, -0.25) is 4.79 Å². The topological polar surface area (TPSA) is 17.1 Å². The molecule has 0 saturated heterocycles. The highest BCUT2D eigenvalue weighted by Gasteiger charge is 2.30. The van der Waals surface area contributed by atoms with Gasteiger partial charge in [0.2, 0.25) is 0 Å². The third kappa shape index (κ3) is 3.85. The summed E-state index contributed by atoms with van der Waals surface area (Å²) in [7, 11) is 0. The number of carbonyl (C=O) groups excluding carboxylic acids is 1. The van der Waals surface area contributed by atoms with E-state index in [4.69, 9.17) is 0 Å². The molecule has 1 atom stereocenters. The van der Waals surface area contributed by atoms with Gasteiger partial charge in [0.05, 0.1) is 0 Å². The molecule has 0 aliphatic heterocycles. The number of rotatable bonds is 6. The van der Waals surface area contributed by atoms with E-state index in [1.807, 2.05) is 25.1 Å². The maximum Gasteiger partial charge on any atom is 0.139 e. The van der Waals surface area contributed by atoms with Crippen molar-refractivity contribution in [3.8, 4) is 0 Å². The maximum atomic E-state index is 11.9. The molecule has 1 nitrogen and oxygen atoms in total. The van der Waals surface area contributed by atoms with Gasteiger partial charge in [-0.1, -0.05) is 57.2 Å². The second kappa shape index (κ2) is 5.81. The molecule has 1 heteroatoms. The fraction of sp³-hybridized carbons (Fsp3) is 0.438. The van der Waals surface area contributed by atoms with Gasteiger partial charge in [-0.25, -0.2) is 0 Å². The van der Waals surface area contributed by atoms with Crippen LogP contribution >= 0.6 is 0 Å². The lowest BCUT2D eigenvalue weighted by Crippen LogP contribution is -2.30. The van der Waals surface area contributed by atoms with Crippen molar-refractivity contribution < 1.29 is 4.79 Å². The van der Waals surface area contributed by atoms with Gasteiger partial charge in [-0.2, -0.15) is 0 Å². The van der Waals surface area contributed by atoms with Crippen molar-refractivity contribution >= 4 is 5.78 Å². The van der Waals surface area contributed by atoms with Gasteiger partial charge in [0, 0.05) is 12.3 Å². The van der Waals surface area contributed by atoms with Gasteiger partial charge in [0.1, 0.15) is 5.78 Å². The fourth-order valence-electron chi connectivity index (χ4n) is 2.03. The molecule has 0 radical (unpaired) electrons. The van der Waals surface area contributed by atoms with Crippen LogP contribution in [0.4, 0.5) is 0 Å². The molecule has 0 saturated carbocycles. The van der Waals surface area contributed by atoms with Crippen LogP contribution in [0.15, 0.2) is 43.0 Å². The van der Waals surface area contributed by atoms with Crippen LogP contribution < -0.4 is 0 Å². The van der Waals surface area contributed by atoms with Crippen molar-refractivity contribution in [1.82, 2.24) is 0 Å². The van der Waals surface area contributed by atoms with Crippen molar-refractivity contribution in [1.29, 1.82) is 0 Å². The third-order valence-corrected chi connectivity index (χ3v) is 3.50. The van der Waals surface area contributed by atoms with Crippen LogP contribution in [0.5, 0.6) is 0 Å². The molecule has 0 aliphatic rings. The van der Waals surface area contributed by atoms with E-state index in [-0.39, 0.29) is 17.1 Å². The van der Waals surface area contributed by atoms with E-state index in [9.17, 15) is 4.79 Å².